The van der Waals surface area contributed by atoms with Crippen LogP contribution in [0.3, 0.4) is 0 Å². The number of aliphatic hydroxyl groups is 1. The van der Waals surface area contributed by atoms with Crippen molar-refractivity contribution in [1.29, 1.82) is 0 Å². The molecule has 6 heteroatoms. The number of aromatic nitrogens is 4. The summed E-state index contributed by atoms with van der Waals surface area (Å²) in [6.45, 7) is 0. The van der Waals surface area contributed by atoms with Crippen molar-refractivity contribution in [2.75, 3.05) is 5.32 Å². The van der Waals surface area contributed by atoms with Crippen LogP contribution in [0.2, 0.25) is 0 Å². The maximum Gasteiger partial charge on any atom is 0.204 e. The molecule has 2 aliphatic carbocycles. The fourth-order valence-corrected chi connectivity index (χ4v) is 4.35. The first-order valence-electron chi connectivity index (χ1n) is 8.58. The molecule has 23 heavy (non-hydrogen) atoms. The number of H-pyrrole nitrogens is 1. The smallest absolute Gasteiger partial charge is 0.204 e. The Kier molecular flexibility index (Phi) is 3.77. The van der Waals surface area contributed by atoms with Crippen molar-refractivity contribution < 1.29 is 5.11 Å². The van der Waals surface area contributed by atoms with Gasteiger partial charge in [-0.25, -0.2) is 0 Å². The maximum atomic E-state index is 11.3. The van der Waals surface area contributed by atoms with Crippen LogP contribution in [0.15, 0.2) is 24.3 Å². The van der Waals surface area contributed by atoms with Crippen molar-refractivity contribution >= 4 is 5.69 Å². The largest absolute Gasteiger partial charge is 0.387 e. The number of hydrogen-bond acceptors (Lipinski definition) is 5. The molecule has 2 saturated carbocycles. The van der Waals surface area contributed by atoms with E-state index in [0.29, 0.717) is 11.7 Å². The zero-order valence-electron chi connectivity index (χ0n) is 13.2. The topological polar surface area (TPSA) is 86.7 Å². The molecular weight excluding hydrogens is 290 g/mol. The van der Waals surface area contributed by atoms with Crippen molar-refractivity contribution in [2.45, 2.75) is 56.6 Å². The summed E-state index contributed by atoms with van der Waals surface area (Å²) >= 11 is 0. The number of hydrogen-bond donors (Lipinski definition) is 3. The van der Waals surface area contributed by atoms with E-state index < -0.39 is 5.60 Å². The minimum Gasteiger partial charge on any atom is -0.387 e. The molecule has 0 radical (unpaired) electrons. The lowest BCUT2D eigenvalue weighted by Gasteiger charge is -2.49. The number of fused-ring (bicyclic) bond motifs is 1. The van der Waals surface area contributed by atoms with Crippen LogP contribution in [0.25, 0.3) is 11.4 Å². The highest BCUT2D eigenvalue weighted by molar-refractivity contribution is 5.62. The second-order valence-corrected chi connectivity index (χ2v) is 6.88. The van der Waals surface area contributed by atoms with Gasteiger partial charge in [0.2, 0.25) is 5.82 Å². The Morgan fingerprint density at radius 2 is 2.09 bits per heavy atom. The van der Waals surface area contributed by atoms with Crippen LogP contribution in [0.4, 0.5) is 5.69 Å². The van der Waals surface area contributed by atoms with Crippen LogP contribution in [-0.4, -0.2) is 37.4 Å². The summed E-state index contributed by atoms with van der Waals surface area (Å²) in [6, 6.07) is 8.15. The van der Waals surface area contributed by atoms with Gasteiger partial charge in [-0.2, -0.15) is 5.21 Å². The van der Waals surface area contributed by atoms with E-state index in [1.807, 2.05) is 24.3 Å². The molecule has 2 unspecified atom stereocenters. The number of anilines is 1. The quantitative estimate of drug-likeness (QED) is 0.811. The lowest BCUT2D eigenvalue weighted by Crippen LogP contribution is -2.56. The normalized spacial score (nSPS) is 30.7. The number of tetrazole rings is 1. The van der Waals surface area contributed by atoms with Crippen LogP contribution >= 0.6 is 0 Å². The van der Waals surface area contributed by atoms with E-state index in [1.54, 1.807) is 0 Å². The molecule has 2 fully saturated rings. The van der Waals surface area contributed by atoms with E-state index in [0.717, 1.165) is 43.4 Å². The number of nitrogens with zero attached hydrogens (tertiary/aromatic N) is 3. The van der Waals surface area contributed by atoms with Gasteiger partial charge < -0.3 is 10.4 Å². The van der Waals surface area contributed by atoms with Crippen molar-refractivity contribution in [3.8, 4) is 11.4 Å². The van der Waals surface area contributed by atoms with Crippen LogP contribution in [0, 0.1) is 5.92 Å². The summed E-state index contributed by atoms with van der Waals surface area (Å²) in [5.41, 5.74) is 1.38. The zero-order chi connectivity index (χ0) is 15.7. The van der Waals surface area contributed by atoms with Crippen molar-refractivity contribution in [3.05, 3.63) is 24.3 Å². The molecule has 1 aromatic carbocycles. The Labute approximate surface area is 135 Å². The lowest BCUT2D eigenvalue weighted by atomic mass is 9.65. The summed E-state index contributed by atoms with van der Waals surface area (Å²) in [5.74, 6) is 1.04. The SMILES string of the molecule is OC12CCCC[C@@H]1CCCC2Nc1cccc(-c2nn[nH]n2)c1. The first-order valence-corrected chi connectivity index (χ1v) is 8.58. The second kappa shape index (κ2) is 5.92. The summed E-state index contributed by atoms with van der Waals surface area (Å²) in [6.07, 6.45) is 7.85. The van der Waals surface area contributed by atoms with Crippen LogP contribution < -0.4 is 5.32 Å². The fraction of sp³-hybridized carbons (Fsp3) is 0.588. The van der Waals surface area contributed by atoms with Crippen LogP contribution in [0.1, 0.15) is 44.9 Å². The molecule has 0 aliphatic heterocycles. The van der Waals surface area contributed by atoms with Crippen LogP contribution in [-0.2, 0) is 0 Å². The third-order valence-corrected chi connectivity index (χ3v) is 5.54. The minimum absolute atomic E-state index is 0.127. The molecule has 0 saturated heterocycles. The summed E-state index contributed by atoms with van der Waals surface area (Å²) in [7, 11) is 0. The van der Waals surface area contributed by atoms with Gasteiger partial charge in [-0.1, -0.05) is 31.4 Å². The Hall–Kier alpha value is -1.95. The van der Waals surface area contributed by atoms with Crippen molar-refractivity contribution in [3.63, 3.8) is 0 Å². The van der Waals surface area contributed by atoms with Gasteiger partial charge >= 0.3 is 0 Å². The van der Waals surface area contributed by atoms with E-state index in [-0.39, 0.29) is 6.04 Å². The highest BCUT2D eigenvalue weighted by atomic mass is 16.3. The number of benzene rings is 1. The van der Waals surface area contributed by atoms with E-state index in [1.165, 1.54) is 12.8 Å². The molecule has 0 amide bonds. The van der Waals surface area contributed by atoms with E-state index in [4.69, 9.17) is 0 Å². The maximum absolute atomic E-state index is 11.3. The first-order chi connectivity index (χ1) is 11.3. The Morgan fingerprint density at radius 3 is 2.96 bits per heavy atom. The molecule has 0 spiro atoms. The predicted octanol–water partition coefficient (Wildman–Crippen LogP) is 2.75. The average molecular weight is 313 g/mol. The van der Waals surface area contributed by atoms with Crippen molar-refractivity contribution in [1.82, 2.24) is 20.6 Å². The van der Waals surface area contributed by atoms with Gasteiger partial charge in [0.05, 0.1) is 11.6 Å². The molecule has 4 rings (SSSR count). The molecule has 1 aromatic heterocycles. The van der Waals surface area contributed by atoms with Crippen LogP contribution in [0.5, 0.6) is 0 Å². The minimum atomic E-state index is -0.557. The molecule has 2 aromatic rings. The average Bonchev–Trinajstić information content (AvgIpc) is 3.10. The molecule has 6 nitrogen and oxygen atoms in total. The van der Waals surface area contributed by atoms with Gasteiger partial charge in [0, 0.05) is 11.3 Å². The van der Waals surface area contributed by atoms with Gasteiger partial charge in [0.15, 0.2) is 0 Å². The fourth-order valence-electron chi connectivity index (χ4n) is 4.35. The van der Waals surface area contributed by atoms with Crippen molar-refractivity contribution in [2.24, 2.45) is 5.92 Å². The first kappa shape index (κ1) is 14.6. The van der Waals surface area contributed by atoms with Gasteiger partial charge in [-0.3, -0.25) is 0 Å². The molecule has 3 N–H and O–H groups in total. The summed E-state index contributed by atoms with van der Waals surface area (Å²) < 4.78 is 0. The zero-order valence-corrected chi connectivity index (χ0v) is 13.2. The number of rotatable bonds is 3. The molecular formula is C17H23N5O. The molecule has 122 valence electrons. The monoisotopic (exact) mass is 313 g/mol. The van der Waals surface area contributed by atoms with Gasteiger partial charge in [-0.05, 0) is 48.9 Å². The Morgan fingerprint density at radius 1 is 1.17 bits per heavy atom. The van der Waals surface area contributed by atoms with E-state index in [2.05, 4.69) is 25.9 Å². The number of nitrogens with one attached hydrogen (secondary N) is 2. The van der Waals surface area contributed by atoms with Gasteiger partial charge in [-0.15, -0.1) is 10.2 Å². The lowest BCUT2D eigenvalue weighted by molar-refractivity contribution is -0.0835. The van der Waals surface area contributed by atoms with Gasteiger partial charge in [0.1, 0.15) is 0 Å². The molecule has 3 atom stereocenters. The molecule has 1 heterocycles. The third-order valence-electron chi connectivity index (χ3n) is 5.54. The highest BCUT2D eigenvalue weighted by Gasteiger charge is 2.47. The van der Waals surface area contributed by atoms with E-state index >= 15 is 0 Å². The van der Waals surface area contributed by atoms with Gasteiger partial charge in [0.25, 0.3) is 0 Å². The Balaban J connectivity index is 1.56. The standard InChI is InChI=1S/C17H23N5O/c23-17-10-2-1-6-13(17)7-4-9-15(17)18-14-8-3-5-12(11-14)16-19-21-22-20-16/h3,5,8,11,13,15,18,23H,1-2,4,6-7,9-10H2,(H,19,20,21,22)/t13-,15?,17?/m1/s1. The summed E-state index contributed by atoms with van der Waals surface area (Å²) in [5, 5.41) is 29.0. The second-order valence-electron chi connectivity index (χ2n) is 6.88. The number of aromatic amines is 1. The highest BCUT2D eigenvalue weighted by Crippen LogP contribution is 2.44. The van der Waals surface area contributed by atoms with E-state index in [9.17, 15) is 5.11 Å². The predicted molar refractivity (Wildman–Crippen MR) is 87.8 cm³/mol. The molecule has 0 bridgehead atoms. The molecule has 2 aliphatic rings. The third kappa shape index (κ3) is 2.72. The Bertz CT molecular complexity index is 657. The summed E-state index contributed by atoms with van der Waals surface area (Å²) in [4.78, 5) is 0.